The standard InChI is InChI=1S/C20H19FN4O2S/c1-8-13(21)6-12(17(22)26)7-14(8)24-19(27)16-9(2)15-10(3)23-18(11-4-5-11)25-20(15)28-16/h6-7,11H,4-5H2,1-3H3,(H2,22,26)(H,24,27). The fourth-order valence-electron chi connectivity index (χ4n) is 3.23. The minimum atomic E-state index is -0.758. The molecule has 1 aromatic carbocycles. The first kappa shape index (κ1) is 18.5. The van der Waals surface area contributed by atoms with Crippen molar-refractivity contribution >= 4 is 39.1 Å². The predicted octanol–water partition coefficient (Wildman–Crippen LogP) is 3.98. The molecule has 1 aliphatic carbocycles. The van der Waals surface area contributed by atoms with Crippen molar-refractivity contribution in [2.24, 2.45) is 5.73 Å². The minimum Gasteiger partial charge on any atom is -0.366 e. The van der Waals surface area contributed by atoms with Crippen LogP contribution in [0, 0.1) is 26.6 Å². The van der Waals surface area contributed by atoms with Crippen LogP contribution in [-0.2, 0) is 0 Å². The van der Waals surface area contributed by atoms with Crippen LogP contribution in [0.2, 0.25) is 0 Å². The Morgan fingerprint density at radius 3 is 2.54 bits per heavy atom. The Bertz CT molecular complexity index is 1150. The van der Waals surface area contributed by atoms with Gasteiger partial charge in [0.05, 0.1) is 10.6 Å². The van der Waals surface area contributed by atoms with E-state index in [2.05, 4.69) is 15.3 Å². The highest BCUT2D eigenvalue weighted by Gasteiger charge is 2.28. The molecule has 0 spiro atoms. The third-order valence-corrected chi connectivity index (χ3v) is 6.20. The summed E-state index contributed by atoms with van der Waals surface area (Å²) in [4.78, 5) is 34.8. The van der Waals surface area contributed by atoms with Gasteiger partial charge in [-0.3, -0.25) is 9.59 Å². The Kier molecular flexibility index (Phi) is 4.38. The van der Waals surface area contributed by atoms with E-state index in [1.54, 1.807) is 0 Å². The molecule has 3 aromatic rings. The molecule has 0 bridgehead atoms. The fourth-order valence-corrected chi connectivity index (χ4v) is 4.36. The van der Waals surface area contributed by atoms with E-state index in [0.29, 0.717) is 10.8 Å². The summed E-state index contributed by atoms with van der Waals surface area (Å²) in [5.74, 6) is -0.478. The Balaban J connectivity index is 1.73. The molecule has 1 saturated carbocycles. The lowest BCUT2D eigenvalue weighted by Gasteiger charge is -2.10. The second-order valence-electron chi connectivity index (χ2n) is 7.13. The van der Waals surface area contributed by atoms with Gasteiger partial charge in [-0.05, 0) is 51.3 Å². The molecule has 2 heterocycles. The van der Waals surface area contributed by atoms with Crippen LogP contribution in [0.3, 0.4) is 0 Å². The number of halogens is 1. The van der Waals surface area contributed by atoms with Crippen molar-refractivity contribution < 1.29 is 14.0 Å². The van der Waals surface area contributed by atoms with Gasteiger partial charge in [-0.1, -0.05) is 0 Å². The maximum atomic E-state index is 14.1. The SMILES string of the molecule is Cc1c(F)cc(C(N)=O)cc1NC(=O)c1sc2nc(C3CC3)nc(C)c2c1C. The van der Waals surface area contributed by atoms with Crippen molar-refractivity contribution in [3.63, 3.8) is 0 Å². The first-order chi connectivity index (χ1) is 13.3. The van der Waals surface area contributed by atoms with Crippen LogP contribution in [0.5, 0.6) is 0 Å². The molecule has 8 heteroatoms. The quantitative estimate of drug-likeness (QED) is 0.694. The van der Waals surface area contributed by atoms with Gasteiger partial charge in [0.1, 0.15) is 16.5 Å². The lowest BCUT2D eigenvalue weighted by Crippen LogP contribution is -2.16. The van der Waals surface area contributed by atoms with Crippen molar-refractivity contribution in [3.8, 4) is 0 Å². The lowest BCUT2D eigenvalue weighted by atomic mass is 10.1. The Morgan fingerprint density at radius 2 is 1.89 bits per heavy atom. The smallest absolute Gasteiger partial charge is 0.266 e. The molecular weight excluding hydrogens is 379 g/mol. The summed E-state index contributed by atoms with van der Waals surface area (Å²) in [5.41, 5.74) is 7.36. The van der Waals surface area contributed by atoms with Crippen molar-refractivity contribution in [1.82, 2.24) is 9.97 Å². The van der Waals surface area contributed by atoms with Gasteiger partial charge in [0, 0.05) is 28.1 Å². The molecule has 0 unspecified atom stereocenters. The number of hydrogen-bond acceptors (Lipinski definition) is 5. The summed E-state index contributed by atoms with van der Waals surface area (Å²) in [6.07, 6.45) is 2.20. The molecule has 1 fully saturated rings. The van der Waals surface area contributed by atoms with E-state index in [1.807, 2.05) is 13.8 Å². The van der Waals surface area contributed by atoms with Gasteiger partial charge >= 0.3 is 0 Å². The molecule has 0 aliphatic heterocycles. The molecule has 3 N–H and O–H groups in total. The summed E-state index contributed by atoms with van der Waals surface area (Å²) < 4.78 is 14.1. The Labute approximate surface area is 165 Å². The number of anilines is 1. The highest BCUT2D eigenvalue weighted by molar-refractivity contribution is 7.20. The van der Waals surface area contributed by atoms with Crippen molar-refractivity contribution in [2.45, 2.75) is 39.5 Å². The van der Waals surface area contributed by atoms with E-state index >= 15 is 0 Å². The third-order valence-electron chi connectivity index (χ3n) is 5.01. The van der Waals surface area contributed by atoms with Gasteiger partial charge in [-0.15, -0.1) is 11.3 Å². The molecule has 0 atom stereocenters. The zero-order valence-electron chi connectivity index (χ0n) is 15.7. The van der Waals surface area contributed by atoms with Crippen molar-refractivity contribution in [3.05, 3.63) is 51.0 Å². The zero-order chi connectivity index (χ0) is 20.2. The predicted molar refractivity (Wildman–Crippen MR) is 106 cm³/mol. The maximum absolute atomic E-state index is 14.1. The molecule has 0 radical (unpaired) electrons. The average Bonchev–Trinajstić information content (AvgIpc) is 3.42. The molecule has 2 amide bonds. The normalized spacial score (nSPS) is 13.7. The number of primary amides is 1. The lowest BCUT2D eigenvalue weighted by molar-refractivity contribution is 0.0996. The second-order valence-corrected chi connectivity index (χ2v) is 8.13. The highest BCUT2D eigenvalue weighted by Crippen LogP contribution is 2.40. The number of thiophene rings is 1. The number of nitrogens with one attached hydrogen (secondary N) is 1. The summed E-state index contributed by atoms with van der Waals surface area (Å²) in [6.45, 7) is 5.31. The Morgan fingerprint density at radius 1 is 1.18 bits per heavy atom. The van der Waals surface area contributed by atoms with Gasteiger partial charge in [-0.2, -0.15) is 0 Å². The molecule has 2 aromatic heterocycles. The van der Waals surface area contributed by atoms with E-state index in [1.165, 1.54) is 24.3 Å². The van der Waals surface area contributed by atoms with Gasteiger partial charge in [0.25, 0.3) is 5.91 Å². The maximum Gasteiger partial charge on any atom is 0.266 e. The van der Waals surface area contributed by atoms with E-state index in [0.717, 1.165) is 46.2 Å². The second kappa shape index (κ2) is 6.63. The van der Waals surface area contributed by atoms with Gasteiger partial charge in [0.2, 0.25) is 5.91 Å². The number of amides is 2. The van der Waals surface area contributed by atoms with Crippen molar-refractivity contribution in [1.29, 1.82) is 0 Å². The number of aromatic nitrogens is 2. The average molecular weight is 398 g/mol. The number of aryl methyl sites for hydroxylation is 2. The number of carbonyl (C=O) groups excluding carboxylic acids is 2. The number of benzene rings is 1. The number of hydrogen-bond donors (Lipinski definition) is 2. The molecule has 6 nitrogen and oxygen atoms in total. The first-order valence-corrected chi connectivity index (χ1v) is 9.76. The van der Waals surface area contributed by atoms with E-state index in [-0.39, 0.29) is 22.7 Å². The van der Waals surface area contributed by atoms with Crippen LogP contribution in [0.1, 0.15) is 61.4 Å². The topological polar surface area (TPSA) is 98.0 Å². The highest BCUT2D eigenvalue weighted by atomic mass is 32.1. The summed E-state index contributed by atoms with van der Waals surface area (Å²) >= 11 is 1.30. The van der Waals surface area contributed by atoms with Crippen LogP contribution in [0.25, 0.3) is 10.2 Å². The Hall–Kier alpha value is -2.87. The van der Waals surface area contributed by atoms with E-state index in [4.69, 9.17) is 5.73 Å². The van der Waals surface area contributed by atoms with Crippen LogP contribution < -0.4 is 11.1 Å². The number of nitrogens with two attached hydrogens (primary N) is 1. The molecule has 28 heavy (non-hydrogen) atoms. The van der Waals surface area contributed by atoms with Crippen LogP contribution in [-0.4, -0.2) is 21.8 Å². The van der Waals surface area contributed by atoms with Gasteiger partial charge in [0.15, 0.2) is 0 Å². The zero-order valence-corrected chi connectivity index (χ0v) is 16.5. The summed E-state index contributed by atoms with van der Waals surface area (Å²) in [6, 6.07) is 2.45. The monoisotopic (exact) mass is 398 g/mol. The molecule has 0 saturated heterocycles. The van der Waals surface area contributed by atoms with Crippen LogP contribution in [0.15, 0.2) is 12.1 Å². The first-order valence-electron chi connectivity index (χ1n) is 8.95. The van der Waals surface area contributed by atoms with E-state index in [9.17, 15) is 14.0 Å². The molecular formula is C20H19FN4O2S. The van der Waals surface area contributed by atoms with E-state index < -0.39 is 11.7 Å². The molecule has 1 aliphatic rings. The third kappa shape index (κ3) is 3.13. The van der Waals surface area contributed by atoms with Crippen molar-refractivity contribution in [2.75, 3.05) is 5.32 Å². The fraction of sp³-hybridized carbons (Fsp3) is 0.300. The van der Waals surface area contributed by atoms with Crippen LogP contribution >= 0.6 is 11.3 Å². The number of nitrogens with zero attached hydrogens (tertiary/aromatic N) is 2. The minimum absolute atomic E-state index is 0.00208. The van der Waals surface area contributed by atoms with Crippen LogP contribution in [0.4, 0.5) is 10.1 Å². The summed E-state index contributed by atoms with van der Waals surface area (Å²) in [7, 11) is 0. The molecule has 144 valence electrons. The summed E-state index contributed by atoms with van der Waals surface area (Å²) in [5, 5.41) is 3.59. The molecule has 4 rings (SSSR count). The largest absolute Gasteiger partial charge is 0.366 e. The number of fused-ring (bicyclic) bond motifs is 1. The number of rotatable bonds is 4. The number of carbonyl (C=O) groups is 2. The van der Waals surface area contributed by atoms with Gasteiger partial charge in [-0.25, -0.2) is 14.4 Å². The van der Waals surface area contributed by atoms with Gasteiger partial charge < -0.3 is 11.1 Å².